The topological polar surface area (TPSA) is 94.3 Å². The van der Waals surface area contributed by atoms with Crippen molar-refractivity contribution in [3.8, 4) is 11.3 Å². The van der Waals surface area contributed by atoms with Crippen LogP contribution in [0.25, 0.3) is 22.4 Å². The lowest BCUT2D eigenvalue weighted by molar-refractivity contribution is -0.129. The van der Waals surface area contributed by atoms with Crippen LogP contribution in [0.1, 0.15) is 51.3 Å². The number of amides is 1. The van der Waals surface area contributed by atoms with Gasteiger partial charge in [0.15, 0.2) is 6.10 Å². The Morgan fingerprint density at radius 3 is 2.47 bits per heavy atom. The predicted molar refractivity (Wildman–Crippen MR) is 127 cm³/mol. The fraction of sp³-hybridized carbons (Fsp3) is 0.280. The van der Waals surface area contributed by atoms with E-state index in [0.717, 1.165) is 20.9 Å². The summed E-state index contributed by atoms with van der Waals surface area (Å²) in [5.74, 6) is -1.51. The predicted octanol–water partition coefficient (Wildman–Crippen LogP) is 5.44. The van der Waals surface area contributed by atoms with Crippen LogP contribution in [0.4, 0.5) is 4.39 Å². The van der Waals surface area contributed by atoms with Crippen LogP contribution < -0.4 is 5.32 Å². The highest BCUT2D eigenvalue weighted by molar-refractivity contribution is 7.12. The fourth-order valence-electron chi connectivity index (χ4n) is 3.72. The largest absolute Gasteiger partial charge is 0.449 e. The van der Waals surface area contributed by atoms with Gasteiger partial charge in [-0.2, -0.15) is 0 Å². The fourth-order valence-corrected chi connectivity index (χ4v) is 4.66. The summed E-state index contributed by atoms with van der Waals surface area (Å²) in [5.41, 5.74) is 3.16. The van der Waals surface area contributed by atoms with Gasteiger partial charge in [0.25, 0.3) is 11.6 Å². The second-order valence-electron chi connectivity index (χ2n) is 8.16. The molecule has 4 rings (SSSR count). The van der Waals surface area contributed by atoms with Crippen molar-refractivity contribution in [3.63, 3.8) is 0 Å². The van der Waals surface area contributed by atoms with E-state index < -0.39 is 24.0 Å². The van der Waals surface area contributed by atoms with E-state index in [-0.39, 0.29) is 17.1 Å². The number of aryl methyl sites for hydroxylation is 3. The number of esters is 1. The lowest BCUT2D eigenvalue weighted by atomic mass is 10.1. The maximum Gasteiger partial charge on any atom is 0.339 e. The summed E-state index contributed by atoms with van der Waals surface area (Å²) < 4.78 is 24.0. The molecule has 3 aromatic heterocycles. The highest BCUT2D eigenvalue weighted by Crippen LogP contribution is 2.33. The molecule has 9 heteroatoms. The number of halogens is 1. The van der Waals surface area contributed by atoms with Gasteiger partial charge in [-0.1, -0.05) is 17.3 Å². The van der Waals surface area contributed by atoms with Crippen LogP contribution >= 0.6 is 11.3 Å². The number of hydrogen-bond donors (Lipinski definition) is 1. The Kier molecular flexibility index (Phi) is 6.47. The molecule has 7 nitrogen and oxygen atoms in total. The quantitative estimate of drug-likeness (QED) is 0.369. The molecular formula is C25H24FN3O4S. The normalized spacial score (nSPS) is 13.0. The summed E-state index contributed by atoms with van der Waals surface area (Å²) in [6, 6.07) is 9.09. The number of hydrogen-bond acceptors (Lipinski definition) is 7. The summed E-state index contributed by atoms with van der Waals surface area (Å²) in [6.07, 6.45) is -1.06. The van der Waals surface area contributed by atoms with Crippen LogP contribution in [0.3, 0.4) is 0 Å². The number of carbonyl (C=O) groups is 2. The Balaban J connectivity index is 1.57. The van der Waals surface area contributed by atoms with Crippen molar-refractivity contribution in [1.29, 1.82) is 0 Å². The van der Waals surface area contributed by atoms with Crippen molar-refractivity contribution in [3.05, 3.63) is 68.8 Å². The van der Waals surface area contributed by atoms with Gasteiger partial charge in [-0.25, -0.2) is 14.2 Å². The molecule has 0 saturated heterocycles. The molecular weight excluding hydrogens is 457 g/mol. The molecule has 1 N–H and O–H groups in total. The van der Waals surface area contributed by atoms with Crippen LogP contribution in [-0.4, -0.2) is 28.1 Å². The number of pyridine rings is 1. The SMILES string of the molecule is Cc1cc(-c2cc(C(=O)OC(C)C(=O)NC(C)c3ccc(F)cc3)c3c(C)noc3n2)c(C)s1. The maximum absolute atomic E-state index is 13.2. The van der Waals surface area contributed by atoms with E-state index in [2.05, 4.69) is 15.5 Å². The smallest absolute Gasteiger partial charge is 0.339 e. The number of fused-ring (bicyclic) bond motifs is 1. The van der Waals surface area contributed by atoms with Crippen LogP contribution in [-0.2, 0) is 9.53 Å². The monoisotopic (exact) mass is 481 g/mol. The minimum Gasteiger partial charge on any atom is -0.449 e. The Morgan fingerprint density at radius 1 is 1.12 bits per heavy atom. The lowest BCUT2D eigenvalue weighted by Crippen LogP contribution is -2.37. The Labute approximate surface area is 199 Å². The summed E-state index contributed by atoms with van der Waals surface area (Å²) >= 11 is 1.63. The van der Waals surface area contributed by atoms with E-state index in [4.69, 9.17) is 9.26 Å². The second kappa shape index (κ2) is 9.34. The molecule has 0 spiro atoms. The van der Waals surface area contributed by atoms with Crippen molar-refractivity contribution in [2.75, 3.05) is 0 Å². The number of rotatable bonds is 6. The highest BCUT2D eigenvalue weighted by atomic mass is 32.1. The third kappa shape index (κ3) is 4.70. The summed E-state index contributed by atoms with van der Waals surface area (Å²) in [7, 11) is 0. The summed E-state index contributed by atoms with van der Waals surface area (Å²) in [5, 5.41) is 7.18. The van der Waals surface area contributed by atoms with Crippen molar-refractivity contribution in [2.45, 2.75) is 46.8 Å². The van der Waals surface area contributed by atoms with E-state index in [1.165, 1.54) is 19.1 Å². The Hall–Kier alpha value is -3.59. The third-order valence-electron chi connectivity index (χ3n) is 5.54. The number of carbonyl (C=O) groups excluding carboxylic acids is 2. The van der Waals surface area contributed by atoms with Gasteiger partial charge in [-0.15, -0.1) is 11.3 Å². The maximum atomic E-state index is 13.2. The summed E-state index contributed by atoms with van der Waals surface area (Å²) in [6.45, 7) is 8.96. The van der Waals surface area contributed by atoms with E-state index >= 15 is 0 Å². The number of benzene rings is 1. The van der Waals surface area contributed by atoms with E-state index in [9.17, 15) is 14.0 Å². The molecule has 0 fully saturated rings. The van der Waals surface area contributed by atoms with Crippen molar-refractivity contribution < 1.29 is 23.2 Å². The molecule has 1 amide bonds. The molecule has 1 aromatic carbocycles. The van der Waals surface area contributed by atoms with E-state index in [0.29, 0.717) is 16.8 Å². The number of nitrogens with zero attached hydrogens (tertiary/aromatic N) is 2. The molecule has 0 radical (unpaired) electrons. The lowest BCUT2D eigenvalue weighted by Gasteiger charge is -2.18. The van der Waals surface area contributed by atoms with Gasteiger partial charge in [0.1, 0.15) is 5.82 Å². The zero-order valence-corrected chi connectivity index (χ0v) is 20.2. The van der Waals surface area contributed by atoms with E-state index in [1.807, 2.05) is 19.9 Å². The average molecular weight is 482 g/mol. The molecule has 0 aliphatic rings. The van der Waals surface area contributed by atoms with Gasteiger partial charge in [0, 0.05) is 15.3 Å². The minimum atomic E-state index is -1.06. The Morgan fingerprint density at radius 2 is 1.82 bits per heavy atom. The van der Waals surface area contributed by atoms with Gasteiger partial charge < -0.3 is 14.6 Å². The first-order valence-corrected chi connectivity index (χ1v) is 11.6. The van der Waals surface area contributed by atoms with Gasteiger partial charge in [0.2, 0.25) is 0 Å². The molecule has 176 valence electrons. The molecule has 34 heavy (non-hydrogen) atoms. The first-order chi connectivity index (χ1) is 16.1. The van der Waals surface area contributed by atoms with Gasteiger partial charge in [-0.3, -0.25) is 4.79 Å². The first kappa shape index (κ1) is 23.6. The molecule has 0 bridgehead atoms. The zero-order chi connectivity index (χ0) is 24.6. The summed E-state index contributed by atoms with van der Waals surface area (Å²) in [4.78, 5) is 32.5. The molecule has 2 atom stereocenters. The number of ether oxygens (including phenoxy) is 1. The van der Waals surface area contributed by atoms with Crippen LogP contribution in [0, 0.1) is 26.6 Å². The minimum absolute atomic E-state index is 0.229. The molecule has 0 saturated carbocycles. The van der Waals surface area contributed by atoms with Crippen LogP contribution in [0.5, 0.6) is 0 Å². The van der Waals surface area contributed by atoms with Gasteiger partial charge in [-0.05, 0) is 64.4 Å². The van der Waals surface area contributed by atoms with Gasteiger partial charge >= 0.3 is 5.97 Å². The van der Waals surface area contributed by atoms with Crippen molar-refractivity contribution in [1.82, 2.24) is 15.5 Å². The average Bonchev–Trinajstić information content (AvgIpc) is 3.34. The molecule has 4 aromatic rings. The highest BCUT2D eigenvalue weighted by Gasteiger charge is 2.25. The van der Waals surface area contributed by atoms with Crippen molar-refractivity contribution in [2.24, 2.45) is 0 Å². The van der Waals surface area contributed by atoms with Crippen LogP contribution in [0.2, 0.25) is 0 Å². The van der Waals surface area contributed by atoms with Crippen molar-refractivity contribution >= 4 is 34.3 Å². The first-order valence-electron chi connectivity index (χ1n) is 10.7. The van der Waals surface area contributed by atoms with E-state index in [1.54, 1.807) is 43.4 Å². The second-order valence-corrected chi connectivity index (χ2v) is 9.62. The third-order valence-corrected chi connectivity index (χ3v) is 6.50. The number of aromatic nitrogens is 2. The van der Waals surface area contributed by atoms with Gasteiger partial charge in [0.05, 0.1) is 28.4 Å². The molecule has 0 aliphatic heterocycles. The Bertz CT molecular complexity index is 1380. The number of thiophene rings is 1. The van der Waals surface area contributed by atoms with Crippen LogP contribution in [0.15, 0.2) is 40.9 Å². The number of nitrogens with one attached hydrogen (secondary N) is 1. The standard InChI is InChI=1S/C25H24FN3O4S/c1-12-10-19(16(5)34-12)21-11-20(22-14(3)29-33-24(22)28-21)25(31)32-15(4)23(30)27-13(2)17-6-8-18(26)9-7-17/h6-11,13,15H,1-5H3,(H,27,30). The molecule has 2 unspecified atom stereocenters. The molecule has 3 heterocycles. The molecule has 0 aliphatic carbocycles. The zero-order valence-electron chi connectivity index (χ0n) is 19.4.